The first kappa shape index (κ1) is 14.3. The van der Waals surface area contributed by atoms with Crippen molar-refractivity contribution in [1.82, 2.24) is 4.98 Å². The molecule has 4 nitrogen and oxygen atoms in total. The van der Waals surface area contributed by atoms with Crippen molar-refractivity contribution in [3.8, 4) is 0 Å². The molecule has 1 aromatic heterocycles. The molecule has 0 radical (unpaired) electrons. The lowest BCUT2D eigenvalue weighted by Crippen LogP contribution is -2.29. The smallest absolute Gasteiger partial charge is 0.200 e. The standard InChI is InChI=1S/C22H17NO3/c1-21(2)16-10-22(16)17(26-21)9-15(24)18-19(25)13-7-11-5-3-4-6-12(11)8-14(13)23-20(18)22/h3-9,16H,10H2,1-2H3,(H,23,25). The van der Waals surface area contributed by atoms with Gasteiger partial charge in [0, 0.05) is 23.1 Å². The second-order valence-electron chi connectivity index (χ2n) is 8.26. The fourth-order valence-electron chi connectivity index (χ4n) is 5.12. The molecular formula is C22H17NO3. The van der Waals surface area contributed by atoms with Crippen molar-refractivity contribution in [2.24, 2.45) is 5.92 Å². The van der Waals surface area contributed by atoms with Crippen molar-refractivity contribution in [3.63, 3.8) is 0 Å². The van der Waals surface area contributed by atoms with Crippen LogP contribution in [0.5, 0.6) is 0 Å². The lowest BCUT2D eigenvalue weighted by atomic mass is 9.84. The van der Waals surface area contributed by atoms with Gasteiger partial charge in [0.05, 0.1) is 16.5 Å². The Morgan fingerprint density at radius 2 is 1.85 bits per heavy atom. The Morgan fingerprint density at radius 1 is 1.12 bits per heavy atom. The maximum atomic E-state index is 13.2. The zero-order valence-corrected chi connectivity index (χ0v) is 14.6. The third-order valence-corrected chi connectivity index (χ3v) is 6.43. The molecule has 0 amide bonds. The number of carbonyl (C=O) groups is 1. The average Bonchev–Trinajstić information content (AvgIpc) is 3.31. The summed E-state index contributed by atoms with van der Waals surface area (Å²) in [7, 11) is 0. The molecule has 2 aromatic carbocycles. The van der Waals surface area contributed by atoms with Gasteiger partial charge >= 0.3 is 0 Å². The quantitative estimate of drug-likeness (QED) is 0.631. The number of allylic oxidation sites excluding steroid dienone is 2. The lowest BCUT2D eigenvalue weighted by Gasteiger charge is -2.24. The van der Waals surface area contributed by atoms with E-state index in [1.54, 1.807) is 6.08 Å². The Kier molecular flexibility index (Phi) is 2.25. The van der Waals surface area contributed by atoms with Gasteiger partial charge in [0.1, 0.15) is 11.4 Å². The van der Waals surface area contributed by atoms with Crippen molar-refractivity contribution in [1.29, 1.82) is 0 Å². The number of carbonyl (C=O) groups excluding carboxylic acids is 1. The summed E-state index contributed by atoms with van der Waals surface area (Å²) < 4.78 is 6.07. The normalized spacial score (nSPS) is 27.5. The van der Waals surface area contributed by atoms with Crippen LogP contribution in [0.3, 0.4) is 0 Å². The van der Waals surface area contributed by atoms with E-state index in [0.717, 1.165) is 34.2 Å². The van der Waals surface area contributed by atoms with Crippen LogP contribution in [-0.2, 0) is 10.2 Å². The number of pyridine rings is 1. The number of ketones is 1. The number of fused-ring (bicyclic) bond motifs is 3. The number of hydrogen-bond acceptors (Lipinski definition) is 3. The van der Waals surface area contributed by atoms with E-state index in [4.69, 9.17) is 4.74 Å². The fourth-order valence-corrected chi connectivity index (χ4v) is 5.12. The van der Waals surface area contributed by atoms with E-state index in [-0.39, 0.29) is 22.2 Å². The van der Waals surface area contributed by atoms with Crippen molar-refractivity contribution >= 4 is 27.5 Å². The first-order valence-corrected chi connectivity index (χ1v) is 8.97. The molecular weight excluding hydrogens is 326 g/mol. The summed E-state index contributed by atoms with van der Waals surface area (Å²) in [6.07, 6.45) is 2.46. The fraction of sp³-hybridized carbons (Fsp3) is 0.273. The SMILES string of the molecule is CC1(C)OC2=CC(=O)c3c([nH]c4cc5ccccc5cc4c3=O)C23CC13. The molecule has 3 aliphatic rings. The molecule has 3 aromatic rings. The van der Waals surface area contributed by atoms with Crippen molar-refractivity contribution in [3.05, 3.63) is 69.7 Å². The third-order valence-electron chi connectivity index (χ3n) is 6.43. The predicted molar refractivity (Wildman–Crippen MR) is 99.4 cm³/mol. The predicted octanol–water partition coefficient (Wildman–Crippen LogP) is 3.83. The lowest BCUT2D eigenvalue weighted by molar-refractivity contribution is 0.0459. The molecule has 1 N–H and O–H groups in total. The maximum absolute atomic E-state index is 13.2. The van der Waals surface area contributed by atoms with Gasteiger partial charge in [-0.3, -0.25) is 9.59 Å². The molecule has 2 aliphatic carbocycles. The summed E-state index contributed by atoms with van der Waals surface area (Å²) in [6.45, 7) is 4.12. The summed E-state index contributed by atoms with van der Waals surface area (Å²) >= 11 is 0. The summed E-state index contributed by atoms with van der Waals surface area (Å²) in [5.74, 6) is 0.766. The zero-order chi connectivity index (χ0) is 17.8. The molecule has 2 fully saturated rings. The van der Waals surface area contributed by atoms with E-state index in [1.165, 1.54) is 0 Å². The van der Waals surface area contributed by atoms with Crippen LogP contribution in [-0.4, -0.2) is 16.4 Å². The van der Waals surface area contributed by atoms with Crippen molar-refractivity contribution in [2.45, 2.75) is 31.3 Å². The molecule has 4 heteroatoms. The second kappa shape index (κ2) is 4.09. The number of nitrogens with one attached hydrogen (secondary N) is 1. The minimum Gasteiger partial charge on any atom is -0.491 e. The van der Waals surface area contributed by atoms with Gasteiger partial charge in [-0.2, -0.15) is 0 Å². The van der Waals surface area contributed by atoms with Crippen LogP contribution in [0.2, 0.25) is 0 Å². The highest BCUT2D eigenvalue weighted by Gasteiger charge is 2.73. The second-order valence-corrected chi connectivity index (χ2v) is 8.26. The third kappa shape index (κ3) is 1.48. The highest BCUT2D eigenvalue weighted by Crippen LogP contribution is 2.70. The van der Waals surface area contributed by atoms with Crippen LogP contribution in [0.15, 0.2) is 53.0 Å². The van der Waals surface area contributed by atoms with E-state index < -0.39 is 0 Å². The summed E-state index contributed by atoms with van der Waals surface area (Å²) in [6, 6.07) is 11.8. The average molecular weight is 343 g/mol. The molecule has 1 saturated heterocycles. The van der Waals surface area contributed by atoms with Gasteiger partial charge in [-0.05, 0) is 43.2 Å². The number of benzene rings is 2. The van der Waals surface area contributed by atoms with Gasteiger partial charge in [0.2, 0.25) is 5.43 Å². The maximum Gasteiger partial charge on any atom is 0.200 e. The molecule has 1 aliphatic heterocycles. The van der Waals surface area contributed by atoms with E-state index in [1.807, 2.05) is 36.4 Å². The Balaban J connectivity index is 1.73. The van der Waals surface area contributed by atoms with Crippen LogP contribution in [0.4, 0.5) is 0 Å². The Labute approximate surface area is 149 Å². The molecule has 2 heterocycles. The topological polar surface area (TPSA) is 59.2 Å². The minimum atomic E-state index is -0.328. The van der Waals surface area contributed by atoms with Gasteiger partial charge < -0.3 is 9.72 Å². The molecule has 128 valence electrons. The van der Waals surface area contributed by atoms with Crippen molar-refractivity contribution in [2.75, 3.05) is 0 Å². The molecule has 2 unspecified atom stereocenters. The van der Waals surface area contributed by atoms with Crippen LogP contribution in [0.25, 0.3) is 21.7 Å². The van der Waals surface area contributed by atoms with Crippen LogP contribution >= 0.6 is 0 Å². The summed E-state index contributed by atoms with van der Waals surface area (Å²) in [4.78, 5) is 29.4. The highest BCUT2D eigenvalue weighted by molar-refractivity contribution is 6.10. The zero-order valence-electron chi connectivity index (χ0n) is 14.6. The van der Waals surface area contributed by atoms with Gasteiger partial charge in [-0.15, -0.1) is 0 Å². The van der Waals surface area contributed by atoms with Crippen LogP contribution in [0.1, 0.15) is 36.3 Å². The monoisotopic (exact) mass is 343 g/mol. The number of ether oxygens (including phenoxy) is 1. The number of rotatable bonds is 0. The number of aromatic nitrogens is 1. The highest BCUT2D eigenvalue weighted by atomic mass is 16.5. The van der Waals surface area contributed by atoms with E-state index in [0.29, 0.717) is 16.9 Å². The Hall–Kier alpha value is -2.88. The largest absolute Gasteiger partial charge is 0.491 e. The van der Waals surface area contributed by atoms with Gasteiger partial charge in [-0.1, -0.05) is 24.3 Å². The van der Waals surface area contributed by atoms with E-state index in [2.05, 4.69) is 18.8 Å². The number of H-pyrrole nitrogens is 1. The first-order valence-electron chi connectivity index (χ1n) is 8.97. The van der Waals surface area contributed by atoms with Gasteiger partial charge in [0.25, 0.3) is 0 Å². The van der Waals surface area contributed by atoms with Gasteiger partial charge in [0.15, 0.2) is 5.78 Å². The summed E-state index contributed by atoms with van der Waals surface area (Å²) in [5.41, 5.74) is 1.01. The van der Waals surface area contributed by atoms with Crippen LogP contribution < -0.4 is 5.43 Å². The molecule has 0 bridgehead atoms. The van der Waals surface area contributed by atoms with E-state index in [9.17, 15) is 9.59 Å². The molecule has 2 atom stereocenters. The van der Waals surface area contributed by atoms with Crippen LogP contribution in [0, 0.1) is 5.92 Å². The van der Waals surface area contributed by atoms with E-state index >= 15 is 0 Å². The molecule has 6 rings (SSSR count). The number of aromatic amines is 1. The first-order chi connectivity index (χ1) is 12.4. The summed E-state index contributed by atoms with van der Waals surface area (Å²) in [5, 5.41) is 2.64. The molecule has 26 heavy (non-hydrogen) atoms. The molecule has 1 spiro atoms. The number of hydrogen-bond donors (Lipinski definition) is 1. The Bertz CT molecular complexity index is 1260. The molecule has 1 saturated carbocycles. The van der Waals surface area contributed by atoms with Gasteiger partial charge in [-0.25, -0.2) is 0 Å². The Morgan fingerprint density at radius 3 is 2.58 bits per heavy atom. The minimum absolute atomic E-state index is 0.176. The van der Waals surface area contributed by atoms with Crippen molar-refractivity contribution < 1.29 is 9.53 Å².